The fraction of sp³-hybridized carbons (Fsp3) is 0.700. The summed E-state index contributed by atoms with van der Waals surface area (Å²) in [5.74, 6) is 0.230. The summed E-state index contributed by atoms with van der Waals surface area (Å²) in [6.07, 6.45) is 2.79. The van der Waals surface area contributed by atoms with E-state index in [1.54, 1.807) is 13.8 Å². The van der Waals surface area contributed by atoms with Crippen molar-refractivity contribution in [2.75, 3.05) is 13.2 Å². The summed E-state index contributed by atoms with van der Waals surface area (Å²) in [6, 6.07) is 0. The zero-order valence-electron chi connectivity index (χ0n) is 8.58. The maximum atomic E-state index is 10.6. The fourth-order valence-electron chi connectivity index (χ4n) is 1.15. The van der Waals surface area contributed by atoms with Crippen LogP contribution in [0.1, 0.15) is 26.7 Å². The normalized spacial score (nSPS) is 16.5. The molecule has 0 saturated carbocycles. The zero-order chi connectivity index (χ0) is 10.6. The van der Waals surface area contributed by atoms with Crippen LogP contribution in [-0.2, 0) is 14.3 Å². The molecule has 1 aliphatic rings. The third-order valence-electron chi connectivity index (χ3n) is 1.86. The van der Waals surface area contributed by atoms with E-state index in [0.29, 0.717) is 18.8 Å². The fourth-order valence-corrected chi connectivity index (χ4v) is 1.15. The van der Waals surface area contributed by atoms with Crippen molar-refractivity contribution in [3.63, 3.8) is 0 Å². The maximum absolute atomic E-state index is 10.6. The largest absolute Gasteiger partial charge is 0.494 e. The van der Waals surface area contributed by atoms with Gasteiger partial charge in [0.25, 0.3) is 0 Å². The number of hydrogen-bond donors (Lipinski definition) is 1. The SMILES string of the molecule is CC(C)(O)CCCOC1=CC(=O)OC1. The van der Waals surface area contributed by atoms with Gasteiger partial charge in [-0.3, -0.25) is 0 Å². The predicted molar refractivity (Wildman–Crippen MR) is 50.5 cm³/mol. The summed E-state index contributed by atoms with van der Waals surface area (Å²) in [6.45, 7) is 4.26. The van der Waals surface area contributed by atoms with E-state index in [2.05, 4.69) is 4.74 Å². The molecule has 1 N–H and O–H groups in total. The van der Waals surface area contributed by atoms with Crippen molar-refractivity contribution in [2.45, 2.75) is 32.3 Å². The molecule has 0 amide bonds. The molecule has 4 nitrogen and oxygen atoms in total. The first-order valence-electron chi connectivity index (χ1n) is 4.70. The summed E-state index contributed by atoms with van der Waals surface area (Å²) >= 11 is 0. The predicted octanol–water partition coefficient (Wildman–Crippen LogP) is 0.995. The standard InChI is InChI=1S/C10H16O4/c1-10(2,12)4-3-5-13-8-6-9(11)14-7-8/h6,12H,3-5,7H2,1-2H3. The second-order valence-electron chi connectivity index (χ2n) is 3.98. The van der Waals surface area contributed by atoms with Crippen LogP contribution < -0.4 is 0 Å². The van der Waals surface area contributed by atoms with E-state index in [-0.39, 0.29) is 12.6 Å². The summed E-state index contributed by atoms with van der Waals surface area (Å²) in [5, 5.41) is 9.40. The molecule has 0 radical (unpaired) electrons. The van der Waals surface area contributed by atoms with E-state index in [1.165, 1.54) is 6.08 Å². The Morgan fingerprint density at radius 1 is 1.64 bits per heavy atom. The molecule has 0 saturated heterocycles. The average molecular weight is 200 g/mol. The minimum absolute atomic E-state index is 0.237. The van der Waals surface area contributed by atoms with E-state index in [4.69, 9.17) is 4.74 Å². The number of cyclic esters (lactones) is 1. The Morgan fingerprint density at radius 3 is 2.86 bits per heavy atom. The van der Waals surface area contributed by atoms with Crippen molar-refractivity contribution in [1.29, 1.82) is 0 Å². The highest BCUT2D eigenvalue weighted by Crippen LogP contribution is 2.12. The Bertz CT molecular complexity index is 237. The van der Waals surface area contributed by atoms with Gasteiger partial charge in [-0.15, -0.1) is 0 Å². The van der Waals surface area contributed by atoms with E-state index >= 15 is 0 Å². The summed E-state index contributed by atoms with van der Waals surface area (Å²) in [5.41, 5.74) is -0.653. The van der Waals surface area contributed by atoms with Crippen LogP contribution in [0.2, 0.25) is 0 Å². The Kier molecular flexibility index (Phi) is 3.52. The number of esters is 1. The van der Waals surface area contributed by atoms with Gasteiger partial charge >= 0.3 is 5.97 Å². The van der Waals surface area contributed by atoms with Crippen LogP contribution in [0.15, 0.2) is 11.8 Å². The van der Waals surface area contributed by atoms with E-state index in [0.717, 1.165) is 6.42 Å². The van der Waals surface area contributed by atoms with Crippen LogP contribution in [-0.4, -0.2) is 29.9 Å². The molecule has 0 aromatic heterocycles. The van der Waals surface area contributed by atoms with Crippen LogP contribution in [0.5, 0.6) is 0 Å². The third kappa shape index (κ3) is 4.28. The molecule has 80 valence electrons. The monoisotopic (exact) mass is 200 g/mol. The molecule has 0 aliphatic carbocycles. The minimum atomic E-state index is -0.653. The summed E-state index contributed by atoms with van der Waals surface area (Å²) < 4.78 is 9.93. The number of carbonyl (C=O) groups is 1. The minimum Gasteiger partial charge on any atom is -0.494 e. The second kappa shape index (κ2) is 4.46. The molecule has 0 spiro atoms. The number of ether oxygens (including phenoxy) is 2. The molecule has 1 rings (SSSR count). The Morgan fingerprint density at radius 2 is 2.36 bits per heavy atom. The number of aliphatic hydroxyl groups is 1. The van der Waals surface area contributed by atoms with Gasteiger partial charge in [0.15, 0.2) is 0 Å². The van der Waals surface area contributed by atoms with Crippen LogP contribution in [0.3, 0.4) is 0 Å². The highest BCUT2D eigenvalue weighted by Gasteiger charge is 2.15. The smallest absolute Gasteiger partial charge is 0.334 e. The first-order chi connectivity index (χ1) is 6.47. The molecule has 4 heteroatoms. The van der Waals surface area contributed by atoms with E-state index in [9.17, 15) is 9.90 Å². The molecule has 0 fully saturated rings. The highest BCUT2D eigenvalue weighted by molar-refractivity contribution is 5.84. The van der Waals surface area contributed by atoms with Gasteiger partial charge in [-0.05, 0) is 26.7 Å². The first-order valence-corrected chi connectivity index (χ1v) is 4.70. The lowest BCUT2D eigenvalue weighted by molar-refractivity contribution is -0.135. The lowest BCUT2D eigenvalue weighted by Crippen LogP contribution is -2.18. The molecule has 1 heterocycles. The first kappa shape index (κ1) is 11.0. The van der Waals surface area contributed by atoms with E-state index < -0.39 is 5.60 Å². The summed E-state index contributed by atoms with van der Waals surface area (Å²) in [4.78, 5) is 10.6. The molecule has 0 atom stereocenters. The van der Waals surface area contributed by atoms with Crippen molar-refractivity contribution >= 4 is 5.97 Å². The topological polar surface area (TPSA) is 55.8 Å². The quantitative estimate of drug-likeness (QED) is 0.531. The van der Waals surface area contributed by atoms with Crippen molar-refractivity contribution < 1.29 is 19.4 Å². The molecule has 1 aliphatic heterocycles. The van der Waals surface area contributed by atoms with Gasteiger partial charge in [0.2, 0.25) is 0 Å². The Labute approximate surface area is 83.5 Å². The zero-order valence-corrected chi connectivity index (χ0v) is 8.58. The Hall–Kier alpha value is -1.03. The van der Waals surface area contributed by atoms with Crippen molar-refractivity contribution in [3.8, 4) is 0 Å². The van der Waals surface area contributed by atoms with Crippen molar-refractivity contribution in [3.05, 3.63) is 11.8 Å². The van der Waals surface area contributed by atoms with Crippen LogP contribution in [0, 0.1) is 0 Å². The molecule has 0 bridgehead atoms. The van der Waals surface area contributed by atoms with Gasteiger partial charge in [0.05, 0.1) is 18.3 Å². The maximum Gasteiger partial charge on any atom is 0.334 e. The third-order valence-corrected chi connectivity index (χ3v) is 1.86. The number of carbonyl (C=O) groups excluding carboxylic acids is 1. The molecule has 14 heavy (non-hydrogen) atoms. The van der Waals surface area contributed by atoms with Gasteiger partial charge in [-0.2, -0.15) is 0 Å². The van der Waals surface area contributed by atoms with Crippen molar-refractivity contribution in [2.24, 2.45) is 0 Å². The molecule has 0 aromatic carbocycles. The molecule has 0 unspecified atom stereocenters. The lowest BCUT2D eigenvalue weighted by atomic mass is 10.0. The molecule has 0 aromatic rings. The Balaban J connectivity index is 2.10. The van der Waals surface area contributed by atoms with Gasteiger partial charge in [-0.25, -0.2) is 4.79 Å². The lowest BCUT2D eigenvalue weighted by Gasteiger charge is -2.16. The number of hydrogen-bond acceptors (Lipinski definition) is 4. The van der Waals surface area contributed by atoms with E-state index in [1.807, 2.05) is 0 Å². The molecular formula is C10H16O4. The highest BCUT2D eigenvalue weighted by atomic mass is 16.6. The molecular weight excluding hydrogens is 184 g/mol. The van der Waals surface area contributed by atoms with Gasteiger partial charge in [0, 0.05) is 0 Å². The summed E-state index contributed by atoms with van der Waals surface area (Å²) in [7, 11) is 0. The van der Waals surface area contributed by atoms with Gasteiger partial charge < -0.3 is 14.6 Å². The number of rotatable bonds is 5. The van der Waals surface area contributed by atoms with Gasteiger partial charge in [0.1, 0.15) is 12.4 Å². The second-order valence-corrected chi connectivity index (χ2v) is 3.98. The average Bonchev–Trinajstić information content (AvgIpc) is 2.44. The van der Waals surface area contributed by atoms with Crippen molar-refractivity contribution in [1.82, 2.24) is 0 Å². The van der Waals surface area contributed by atoms with Crippen LogP contribution in [0.25, 0.3) is 0 Å². The van der Waals surface area contributed by atoms with Gasteiger partial charge in [-0.1, -0.05) is 0 Å². The van der Waals surface area contributed by atoms with Crippen LogP contribution >= 0.6 is 0 Å². The van der Waals surface area contributed by atoms with Crippen LogP contribution in [0.4, 0.5) is 0 Å².